The molecule has 25 heavy (non-hydrogen) atoms. The zero-order chi connectivity index (χ0) is 17.6. The number of benzene rings is 1. The van der Waals surface area contributed by atoms with Crippen molar-refractivity contribution < 1.29 is 4.39 Å². The molecule has 0 spiro atoms. The lowest BCUT2D eigenvalue weighted by atomic mass is 9.94. The van der Waals surface area contributed by atoms with Crippen molar-refractivity contribution in [2.75, 3.05) is 25.0 Å². The Morgan fingerprint density at radius 2 is 2.12 bits per heavy atom. The van der Waals surface area contributed by atoms with Crippen molar-refractivity contribution in [3.05, 3.63) is 53.2 Å². The molecule has 3 heterocycles. The summed E-state index contributed by atoms with van der Waals surface area (Å²) < 4.78 is 13.1. The summed E-state index contributed by atoms with van der Waals surface area (Å²) in [6, 6.07) is 9.45. The van der Waals surface area contributed by atoms with Gasteiger partial charge in [-0.25, -0.2) is 14.4 Å². The van der Waals surface area contributed by atoms with Crippen molar-refractivity contribution in [3.63, 3.8) is 0 Å². The molecule has 6 nitrogen and oxygen atoms in total. The Labute approximate surface area is 144 Å². The zero-order valence-corrected chi connectivity index (χ0v) is 13.7. The lowest BCUT2D eigenvalue weighted by molar-refractivity contribution is 0.273. The van der Waals surface area contributed by atoms with Crippen LogP contribution in [-0.4, -0.2) is 54.1 Å². The van der Waals surface area contributed by atoms with E-state index < -0.39 is 6.17 Å². The summed E-state index contributed by atoms with van der Waals surface area (Å²) in [5.74, 6) is 1.02. The second-order valence-corrected chi connectivity index (χ2v) is 6.19. The number of rotatable bonds is 4. The van der Waals surface area contributed by atoms with E-state index in [-0.39, 0.29) is 5.84 Å². The smallest absolute Gasteiger partial charge is 0.135 e. The maximum atomic E-state index is 13.1. The third kappa shape index (κ3) is 2.57. The van der Waals surface area contributed by atoms with Gasteiger partial charge in [-0.3, -0.25) is 10.8 Å². The molecule has 0 aliphatic carbocycles. The molecule has 4 rings (SSSR count). The molecule has 0 atom stereocenters. The van der Waals surface area contributed by atoms with Crippen LogP contribution in [0.1, 0.15) is 16.7 Å². The number of nitrogens with zero attached hydrogens (tertiary/aromatic N) is 4. The van der Waals surface area contributed by atoms with Gasteiger partial charge in [0.05, 0.1) is 30.8 Å². The number of aliphatic imine (C=N–C) groups is 1. The molecule has 1 aromatic heterocycles. The minimum absolute atomic E-state index is 0.258. The Kier molecular flexibility index (Phi) is 3.56. The number of hydrogen-bond acceptors (Lipinski definition) is 5. The van der Waals surface area contributed by atoms with Crippen molar-refractivity contribution >= 4 is 29.4 Å². The van der Waals surface area contributed by atoms with E-state index in [4.69, 9.17) is 10.8 Å². The van der Waals surface area contributed by atoms with Crippen molar-refractivity contribution in [1.82, 2.24) is 9.88 Å². The van der Waals surface area contributed by atoms with Gasteiger partial charge in [-0.05, 0) is 30.3 Å². The van der Waals surface area contributed by atoms with Crippen LogP contribution in [-0.2, 0) is 0 Å². The Balaban J connectivity index is 1.61. The summed E-state index contributed by atoms with van der Waals surface area (Å²) in [4.78, 5) is 12.2. The van der Waals surface area contributed by atoms with Crippen molar-refractivity contribution in [2.45, 2.75) is 6.17 Å². The highest BCUT2D eigenvalue weighted by Gasteiger charge is 2.28. The molecule has 1 aromatic carbocycles. The van der Waals surface area contributed by atoms with Crippen molar-refractivity contribution in [3.8, 4) is 0 Å². The monoisotopic (exact) mass is 336 g/mol. The summed E-state index contributed by atoms with van der Waals surface area (Å²) in [7, 11) is 1.67. The van der Waals surface area contributed by atoms with Gasteiger partial charge in [-0.2, -0.15) is 0 Å². The molecule has 126 valence electrons. The summed E-state index contributed by atoms with van der Waals surface area (Å²) >= 11 is 0. The van der Waals surface area contributed by atoms with E-state index >= 15 is 0 Å². The highest BCUT2D eigenvalue weighted by Crippen LogP contribution is 2.34. The van der Waals surface area contributed by atoms with Gasteiger partial charge in [0.2, 0.25) is 0 Å². The number of nitrogens with one attached hydrogen (secondary N) is 2. The lowest BCUT2D eigenvalue weighted by Gasteiger charge is -2.35. The third-order valence-corrected chi connectivity index (χ3v) is 4.48. The molecule has 0 amide bonds. The van der Waals surface area contributed by atoms with Gasteiger partial charge in [0.1, 0.15) is 17.8 Å². The van der Waals surface area contributed by atoms with Gasteiger partial charge in [-0.15, -0.1) is 0 Å². The molecule has 0 saturated carbocycles. The van der Waals surface area contributed by atoms with E-state index in [1.54, 1.807) is 13.2 Å². The highest BCUT2D eigenvalue weighted by molar-refractivity contribution is 6.23. The molecule has 7 heteroatoms. The fraction of sp³-hybridized carbons (Fsp3) is 0.222. The van der Waals surface area contributed by atoms with Gasteiger partial charge < -0.3 is 9.80 Å². The SMILES string of the molecule is CN(C=N)C(=N)c1ccc2c(c1)C(c1ccnc(N3CC(F)C3)c1)=N2. The number of pyridine rings is 1. The van der Waals surface area contributed by atoms with Crippen molar-refractivity contribution in [1.29, 1.82) is 10.8 Å². The molecule has 2 aliphatic rings. The minimum atomic E-state index is -0.772. The summed E-state index contributed by atoms with van der Waals surface area (Å²) in [6.07, 6.45) is 2.05. The number of hydrogen-bond donors (Lipinski definition) is 2. The highest BCUT2D eigenvalue weighted by atomic mass is 19.1. The molecule has 0 radical (unpaired) electrons. The second kappa shape index (κ2) is 5.77. The van der Waals surface area contributed by atoms with E-state index in [0.717, 1.165) is 40.2 Å². The fourth-order valence-electron chi connectivity index (χ4n) is 2.94. The first-order valence-electron chi connectivity index (χ1n) is 7.97. The van der Waals surface area contributed by atoms with E-state index in [0.29, 0.717) is 13.1 Å². The van der Waals surface area contributed by atoms with E-state index in [2.05, 4.69) is 9.98 Å². The summed E-state index contributed by atoms with van der Waals surface area (Å²) in [6.45, 7) is 0.771. The number of aromatic nitrogens is 1. The molecular formula is C18H17FN6. The molecule has 0 bridgehead atoms. The Morgan fingerprint density at radius 3 is 2.84 bits per heavy atom. The largest absolute Gasteiger partial charge is 0.351 e. The van der Waals surface area contributed by atoms with Crippen LogP contribution < -0.4 is 4.90 Å². The lowest BCUT2D eigenvalue weighted by Crippen LogP contribution is -2.48. The van der Waals surface area contributed by atoms with Crippen LogP contribution in [0.3, 0.4) is 0 Å². The van der Waals surface area contributed by atoms with Gasteiger partial charge in [0.25, 0.3) is 0 Å². The van der Waals surface area contributed by atoms with Gasteiger partial charge in [0.15, 0.2) is 0 Å². The van der Waals surface area contributed by atoms with Crippen LogP contribution >= 0.6 is 0 Å². The van der Waals surface area contributed by atoms with Crippen LogP contribution in [0.2, 0.25) is 0 Å². The fourth-order valence-corrected chi connectivity index (χ4v) is 2.94. The Bertz CT molecular complexity index is 900. The van der Waals surface area contributed by atoms with Crippen LogP contribution in [0.4, 0.5) is 15.9 Å². The van der Waals surface area contributed by atoms with Gasteiger partial charge in [0, 0.05) is 29.9 Å². The van der Waals surface area contributed by atoms with E-state index in [1.807, 2.05) is 35.2 Å². The third-order valence-electron chi connectivity index (χ3n) is 4.48. The molecule has 1 fully saturated rings. The average Bonchev–Trinajstić information content (AvgIpc) is 2.59. The average molecular weight is 336 g/mol. The predicted molar refractivity (Wildman–Crippen MR) is 96.5 cm³/mol. The topological polar surface area (TPSA) is 79.4 Å². The summed E-state index contributed by atoms with van der Waals surface area (Å²) in [5, 5.41) is 15.4. The second-order valence-electron chi connectivity index (χ2n) is 6.19. The number of halogens is 1. The van der Waals surface area contributed by atoms with Crippen LogP contribution in [0, 0.1) is 10.8 Å². The van der Waals surface area contributed by atoms with Crippen LogP contribution in [0.5, 0.6) is 0 Å². The maximum absolute atomic E-state index is 13.1. The standard InChI is InChI=1S/C18H17FN6/c1-24(10-20)18(21)12-2-3-15-14(6-12)17(23-15)11-4-5-22-16(7-11)25-8-13(19)9-25/h2-7,10,13,20-21H,8-9H2,1H3. The Morgan fingerprint density at radius 1 is 1.32 bits per heavy atom. The molecule has 0 unspecified atom stereocenters. The molecule has 2 aliphatic heterocycles. The number of anilines is 1. The number of alkyl halides is 1. The first-order valence-corrected chi connectivity index (χ1v) is 7.97. The molecule has 2 N–H and O–H groups in total. The number of fused-ring (bicyclic) bond motifs is 1. The maximum Gasteiger partial charge on any atom is 0.135 e. The van der Waals surface area contributed by atoms with Gasteiger partial charge in [-0.1, -0.05) is 0 Å². The molecular weight excluding hydrogens is 319 g/mol. The minimum Gasteiger partial charge on any atom is -0.351 e. The first-order chi connectivity index (χ1) is 12.1. The Hall–Kier alpha value is -3.09. The molecule has 1 saturated heterocycles. The zero-order valence-electron chi connectivity index (χ0n) is 13.7. The normalized spacial score (nSPS) is 15.6. The number of amidine groups is 1. The predicted octanol–water partition coefficient (Wildman–Crippen LogP) is 2.59. The van der Waals surface area contributed by atoms with E-state index in [1.165, 1.54) is 4.90 Å². The van der Waals surface area contributed by atoms with E-state index in [9.17, 15) is 4.39 Å². The van der Waals surface area contributed by atoms with Crippen molar-refractivity contribution in [2.24, 2.45) is 4.99 Å². The quantitative estimate of drug-likeness (QED) is 0.568. The van der Waals surface area contributed by atoms with Gasteiger partial charge >= 0.3 is 0 Å². The molecule has 2 aromatic rings. The van der Waals surface area contributed by atoms with Crippen LogP contribution in [0.15, 0.2) is 41.5 Å². The summed E-state index contributed by atoms with van der Waals surface area (Å²) in [5.41, 5.74) is 4.38. The van der Waals surface area contributed by atoms with Crippen LogP contribution in [0.25, 0.3) is 0 Å². The first kappa shape index (κ1) is 15.4.